The number of fused-ring (bicyclic) bond motifs is 1. The summed E-state index contributed by atoms with van der Waals surface area (Å²) in [5.41, 5.74) is 1.25. The van der Waals surface area contributed by atoms with Crippen molar-refractivity contribution in [2.75, 3.05) is 0 Å². The lowest BCUT2D eigenvalue weighted by atomic mass is 9.84. The molecule has 0 fully saturated rings. The third-order valence-corrected chi connectivity index (χ3v) is 3.20. The Bertz CT molecular complexity index is 421. The van der Waals surface area contributed by atoms with Crippen molar-refractivity contribution in [3.05, 3.63) is 23.5 Å². The third-order valence-electron chi connectivity index (χ3n) is 3.20. The predicted octanol–water partition coefficient (Wildman–Crippen LogP) is 1.46. The van der Waals surface area contributed by atoms with E-state index >= 15 is 0 Å². The molecule has 0 aromatic rings. The molecule has 0 saturated heterocycles. The lowest BCUT2D eigenvalue weighted by Gasteiger charge is -2.33. The highest BCUT2D eigenvalue weighted by molar-refractivity contribution is 5.87. The highest BCUT2D eigenvalue weighted by atomic mass is 16.7. The van der Waals surface area contributed by atoms with Crippen molar-refractivity contribution in [3.8, 4) is 0 Å². The molecular weight excluding hydrogens is 224 g/mol. The third kappa shape index (κ3) is 2.05. The smallest absolute Gasteiger partial charge is 0.335 e. The fourth-order valence-corrected chi connectivity index (χ4v) is 2.42. The van der Waals surface area contributed by atoms with E-state index in [1.807, 2.05) is 13.0 Å². The number of ether oxygens (including phenoxy) is 2. The Morgan fingerprint density at radius 1 is 1.53 bits per heavy atom. The van der Waals surface area contributed by atoms with Gasteiger partial charge in [0.2, 0.25) is 6.29 Å². The van der Waals surface area contributed by atoms with Crippen LogP contribution in [0.1, 0.15) is 20.3 Å². The summed E-state index contributed by atoms with van der Waals surface area (Å²) in [6, 6.07) is 0. The van der Waals surface area contributed by atoms with Crippen molar-refractivity contribution in [2.45, 2.75) is 26.6 Å². The number of hydrogen-bond acceptors (Lipinski definition) is 4. The number of carboxylic acid groups (broad SMARTS) is 1. The van der Waals surface area contributed by atoms with Gasteiger partial charge < -0.3 is 14.6 Å². The lowest BCUT2D eigenvalue weighted by Crippen LogP contribution is -2.37. The van der Waals surface area contributed by atoms with Gasteiger partial charge in [0.15, 0.2) is 0 Å². The van der Waals surface area contributed by atoms with Crippen molar-refractivity contribution in [3.63, 3.8) is 0 Å². The minimum Gasteiger partial charge on any atom is -0.478 e. The first-order chi connectivity index (χ1) is 8.00. The van der Waals surface area contributed by atoms with Crippen LogP contribution in [0.3, 0.4) is 0 Å². The fourth-order valence-electron chi connectivity index (χ4n) is 2.42. The summed E-state index contributed by atoms with van der Waals surface area (Å²) in [4.78, 5) is 22.0. The molecule has 0 spiro atoms. The first kappa shape index (κ1) is 11.7. The summed E-state index contributed by atoms with van der Waals surface area (Å²) in [6.45, 7) is 3.21. The van der Waals surface area contributed by atoms with Crippen LogP contribution in [-0.2, 0) is 19.1 Å². The maximum atomic E-state index is 11.1. The van der Waals surface area contributed by atoms with E-state index in [9.17, 15) is 9.59 Å². The Kier molecular flexibility index (Phi) is 2.92. The number of hydrogen-bond donors (Lipinski definition) is 1. The molecule has 17 heavy (non-hydrogen) atoms. The Balaban J connectivity index is 2.27. The van der Waals surface area contributed by atoms with Crippen LogP contribution in [0.4, 0.5) is 0 Å². The molecule has 0 bridgehead atoms. The van der Waals surface area contributed by atoms with E-state index in [1.165, 1.54) is 13.2 Å². The van der Waals surface area contributed by atoms with E-state index in [0.29, 0.717) is 6.42 Å². The van der Waals surface area contributed by atoms with Crippen molar-refractivity contribution < 1.29 is 24.2 Å². The molecule has 1 aliphatic heterocycles. The summed E-state index contributed by atoms with van der Waals surface area (Å²) in [5.74, 6) is -1.76. The van der Waals surface area contributed by atoms with Crippen LogP contribution in [0.25, 0.3) is 0 Å². The number of rotatable bonds is 2. The molecule has 0 radical (unpaired) electrons. The summed E-state index contributed by atoms with van der Waals surface area (Å²) in [5, 5.41) is 9.06. The fraction of sp³-hybridized carbons (Fsp3) is 0.500. The number of allylic oxidation sites excluding steroid dienone is 1. The molecule has 0 aromatic carbocycles. The Hall–Kier alpha value is -1.78. The zero-order chi connectivity index (χ0) is 12.6. The van der Waals surface area contributed by atoms with Gasteiger partial charge in [-0.25, -0.2) is 4.79 Å². The highest BCUT2D eigenvalue weighted by Gasteiger charge is 2.44. The maximum Gasteiger partial charge on any atom is 0.335 e. The SMILES string of the molecule is CC(=O)OC1OC=C(C(=O)O)C2CC=C(C)[C@@H]12. The zero-order valence-corrected chi connectivity index (χ0v) is 9.67. The maximum absolute atomic E-state index is 11.1. The van der Waals surface area contributed by atoms with E-state index in [2.05, 4.69) is 0 Å². The first-order valence-corrected chi connectivity index (χ1v) is 5.43. The highest BCUT2D eigenvalue weighted by Crippen LogP contribution is 2.43. The average Bonchev–Trinajstić information content (AvgIpc) is 2.60. The molecule has 1 heterocycles. The molecule has 1 N–H and O–H groups in total. The van der Waals surface area contributed by atoms with Gasteiger partial charge in [0.05, 0.1) is 17.8 Å². The number of esters is 1. The monoisotopic (exact) mass is 238 g/mol. The van der Waals surface area contributed by atoms with Gasteiger partial charge >= 0.3 is 11.9 Å². The summed E-state index contributed by atoms with van der Waals surface area (Å²) in [7, 11) is 0. The Labute approximate surface area is 98.7 Å². The zero-order valence-electron chi connectivity index (χ0n) is 9.67. The lowest BCUT2D eigenvalue weighted by molar-refractivity contribution is -0.179. The van der Waals surface area contributed by atoms with Gasteiger partial charge in [-0.15, -0.1) is 0 Å². The van der Waals surface area contributed by atoms with Crippen LogP contribution in [0.5, 0.6) is 0 Å². The average molecular weight is 238 g/mol. The molecule has 5 nitrogen and oxygen atoms in total. The van der Waals surface area contributed by atoms with Gasteiger partial charge in [0.25, 0.3) is 0 Å². The van der Waals surface area contributed by atoms with Gasteiger partial charge in [0, 0.05) is 12.8 Å². The van der Waals surface area contributed by atoms with E-state index in [-0.39, 0.29) is 17.4 Å². The second-order valence-electron chi connectivity index (χ2n) is 4.31. The minimum atomic E-state index is -0.982. The Morgan fingerprint density at radius 3 is 2.82 bits per heavy atom. The second-order valence-corrected chi connectivity index (χ2v) is 4.31. The molecule has 92 valence electrons. The summed E-state index contributed by atoms with van der Waals surface area (Å²) < 4.78 is 10.3. The van der Waals surface area contributed by atoms with Crippen LogP contribution in [0.2, 0.25) is 0 Å². The van der Waals surface area contributed by atoms with Gasteiger partial charge in [-0.3, -0.25) is 4.79 Å². The van der Waals surface area contributed by atoms with E-state index in [1.54, 1.807) is 0 Å². The number of carbonyl (C=O) groups is 2. The number of aliphatic carboxylic acids is 1. The number of carbonyl (C=O) groups excluding carboxylic acids is 1. The predicted molar refractivity (Wildman–Crippen MR) is 57.7 cm³/mol. The van der Waals surface area contributed by atoms with Crippen LogP contribution < -0.4 is 0 Å². The normalized spacial score (nSPS) is 30.8. The van der Waals surface area contributed by atoms with E-state index in [4.69, 9.17) is 14.6 Å². The van der Waals surface area contributed by atoms with Crippen molar-refractivity contribution in [1.29, 1.82) is 0 Å². The molecule has 0 saturated carbocycles. The van der Waals surface area contributed by atoms with Gasteiger partial charge in [-0.1, -0.05) is 11.6 Å². The Morgan fingerprint density at radius 2 is 2.24 bits per heavy atom. The topological polar surface area (TPSA) is 72.8 Å². The largest absolute Gasteiger partial charge is 0.478 e. The molecule has 2 aliphatic rings. The van der Waals surface area contributed by atoms with Crippen LogP contribution in [0, 0.1) is 11.8 Å². The van der Waals surface area contributed by atoms with Crippen molar-refractivity contribution in [2.24, 2.45) is 11.8 Å². The van der Waals surface area contributed by atoms with Crippen LogP contribution in [-0.4, -0.2) is 23.3 Å². The molecular formula is C12H14O5. The number of carboxylic acids is 1. The molecule has 5 heteroatoms. The molecule has 2 rings (SSSR count). The van der Waals surface area contributed by atoms with E-state index < -0.39 is 18.2 Å². The van der Waals surface area contributed by atoms with Gasteiger partial charge in [-0.2, -0.15) is 0 Å². The van der Waals surface area contributed by atoms with Crippen LogP contribution in [0.15, 0.2) is 23.5 Å². The van der Waals surface area contributed by atoms with Crippen molar-refractivity contribution >= 4 is 11.9 Å². The molecule has 2 unspecified atom stereocenters. The molecule has 3 atom stereocenters. The van der Waals surface area contributed by atoms with Gasteiger partial charge in [0.1, 0.15) is 0 Å². The minimum absolute atomic E-state index is 0.161. The molecule has 1 aliphatic carbocycles. The molecule has 0 aromatic heterocycles. The quantitative estimate of drug-likeness (QED) is 0.582. The standard InChI is InChI=1S/C12H14O5/c1-6-3-4-8-9(11(14)15)5-16-12(10(6)8)17-7(2)13/h3,5,8,10,12H,4H2,1-2H3,(H,14,15)/t8?,10-,12?/m1/s1. The van der Waals surface area contributed by atoms with Gasteiger partial charge in [-0.05, 0) is 13.3 Å². The summed E-state index contributed by atoms with van der Waals surface area (Å²) >= 11 is 0. The van der Waals surface area contributed by atoms with E-state index in [0.717, 1.165) is 5.57 Å². The second kappa shape index (κ2) is 4.24. The first-order valence-electron chi connectivity index (χ1n) is 5.43. The summed E-state index contributed by atoms with van der Waals surface area (Å²) in [6.07, 6.45) is 3.11. The molecule has 0 amide bonds. The van der Waals surface area contributed by atoms with Crippen LogP contribution >= 0.6 is 0 Å². The van der Waals surface area contributed by atoms with Crippen molar-refractivity contribution in [1.82, 2.24) is 0 Å².